The lowest BCUT2D eigenvalue weighted by Gasteiger charge is -2.06. The molecule has 0 saturated carbocycles. The van der Waals surface area contributed by atoms with Crippen LogP contribution in [0.2, 0.25) is 0 Å². The van der Waals surface area contributed by atoms with Crippen molar-refractivity contribution in [1.82, 2.24) is 4.98 Å². The first-order chi connectivity index (χ1) is 6.99. The Bertz CT molecular complexity index is 454. The molecule has 1 aromatic heterocycles. The second-order valence-electron chi connectivity index (χ2n) is 2.56. The van der Waals surface area contributed by atoms with E-state index in [4.69, 9.17) is 11.0 Å². The Morgan fingerprint density at radius 2 is 2.27 bits per heavy atom. The van der Waals surface area contributed by atoms with Gasteiger partial charge in [-0.2, -0.15) is 5.26 Å². The molecule has 0 saturated heterocycles. The van der Waals surface area contributed by atoms with Gasteiger partial charge in [0.1, 0.15) is 17.3 Å². The Morgan fingerprint density at radius 3 is 2.67 bits per heavy atom. The second-order valence-corrected chi connectivity index (χ2v) is 2.56. The van der Waals surface area contributed by atoms with Crippen molar-refractivity contribution >= 4 is 5.91 Å². The van der Waals surface area contributed by atoms with Crippen LogP contribution in [-0.4, -0.2) is 16.0 Å². The molecule has 7 heteroatoms. The summed E-state index contributed by atoms with van der Waals surface area (Å²) in [6.07, 6.45) is -2.29. The number of amides is 1. The molecule has 0 radical (unpaired) electrons. The third-order valence-electron chi connectivity index (χ3n) is 1.67. The Morgan fingerprint density at radius 1 is 1.67 bits per heavy atom. The predicted molar refractivity (Wildman–Crippen MR) is 44.1 cm³/mol. The highest BCUT2D eigenvalue weighted by molar-refractivity contribution is 5.95. The highest BCUT2D eigenvalue weighted by atomic mass is 19.3. The van der Waals surface area contributed by atoms with E-state index in [1.807, 2.05) is 0 Å². The molecule has 0 aromatic carbocycles. The van der Waals surface area contributed by atoms with Gasteiger partial charge in [-0.05, 0) is 0 Å². The first-order valence-electron chi connectivity index (χ1n) is 3.69. The van der Waals surface area contributed by atoms with Gasteiger partial charge in [0.25, 0.3) is 12.3 Å². The molecule has 0 aliphatic heterocycles. The maximum Gasteiger partial charge on any atom is 0.284 e. The van der Waals surface area contributed by atoms with E-state index in [-0.39, 0.29) is 5.56 Å². The van der Waals surface area contributed by atoms with E-state index in [1.165, 1.54) is 6.07 Å². The molecule has 5 nitrogen and oxygen atoms in total. The van der Waals surface area contributed by atoms with E-state index in [0.717, 1.165) is 6.20 Å². The van der Waals surface area contributed by atoms with Crippen LogP contribution in [0.5, 0.6) is 5.75 Å². The van der Waals surface area contributed by atoms with Gasteiger partial charge < -0.3 is 10.8 Å². The molecule has 1 heterocycles. The molecule has 1 amide bonds. The molecule has 0 atom stereocenters. The van der Waals surface area contributed by atoms with Crippen LogP contribution in [0.4, 0.5) is 8.78 Å². The maximum absolute atomic E-state index is 12.2. The first-order valence-corrected chi connectivity index (χ1v) is 3.69. The summed E-state index contributed by atoms with van der Waals surface area (Å²) in [7, 11) is 0. The van der Waals surface area contributed by atoms with Crippen LogP contribution in [0.3, 0.4) is 0 Å². The van der Waals surface area contributed by atoms with Crippen molar-refractivity contribution in [3.63, 3.8) is 0 Å². The minimum Gasteiger partial charge on any atom is -0.505 e. The number of aromatic hydroxyl groups is 1. The standard InChI is InChI=1S/C8H5F2N3O2/c9-7(10)5-6(14)3(1-11)4(2-13-5)8(12)15/h2,7,14H,(H2,12,15). The van der Waals surface area contributed by atoms with Crippen LogP contribution in [0.1, 0.15) is 28.0 Å². The average Bonchev–Trinajstić information content (AvgIpc) is 2.16. The summed E-state index contributed by atoms with van der Waals surface area (Å²) in [6.45, 7) is 0. The fraction of sp³-hybridized carbons (Fsp3) is 0.125. The fourth-order valence-electron chi connectivity index (χ4n) is 0.975. The quantitative estimate of drug-likeness (QED) is 0.754. The minimum absolute atomic E-state index is 0.389. The molecule has 1 aromatic rings. The summed E-state index contributed by atoms with van der Waals surface area (Å²) in [6, 6.07) is 1.42. The SMILES string of the molecule is N#Cc1c(C(N)=O)cnc(C(F)F)c1O. The normalized spacial score (nSPS) is 10.0. The molecule has 0 unspecified atom stereocenters. The van der Waals surface area contributed by atoms with Crippen molar-refractivity contribution in [2.75, 3.05) is 0 Å². The molecule has 3 N–H and O–H groups in total. The van der Waals surface area contributed by atoms with Crippen molar-refractivity contribution in [2.45, 2.75) is 6.43 Å². The summed E-state index contributed by atoms with van der Waals surface area (Å²) in [5, 5.41) is 17.8. The molecular formula is C8H5F2N3O2. The number of halogens is 2. The Kier molecular flexibility index (Phi) is 2.80. The lowest BCUT2D eigenvalue weighted by molar-refractivity contribution is 0.0997. The molecule has 0 bridgehead atoms. The number of carbonyl (C=O) groups is 1. The van der Waals surface area contributed by atoms with Gasteiger partial charge >= 0.3 is 0 Å². The molecule has 0 aliphatic rings. The number of nitrogens with zero attached hydrogens (tertiary/aromatic N) is 2. The van der Waals surface area contributed by atoms with Gasteiger partial charge in [0.05, 0.1) is 5.56 Å². The van der Waals surface area contributed by atoms with Crippen LogP contribution in [0.25, 0.3) is 0 Å². The largest absolute Gasteiger partial charge is 0.505 e. The number of primary amides is 1. The Hall–Kier alpha value is -2.23. The van der Waals surface area contributed by atoms with Gasteiger partial charge in [0, 0.05) is 6.20 Å². The van der Waals surface area contributed by atoms with Crippen molar-refractivity contribution in [1.29, 1.82) is 5.26 Å². The molecule has 0 aliphatic carbocycles. The van der Waals surface area contributed by atoms with E-state index in [9.17, 15) is 18.7 Å². The molecular weight excluding hydrogens is 208 g/mol. The molecule has 15 heavy (non-hydrogen) atoms. The van der Waals surface area contributed by atoms with Crippen LogP contribution < -0.4 is 5.73 Å². The van der Waals surface area contributed by atoms with Gasteiger partial charge in [-0.25, -0.2) is 8.78 Å². The highest BCUT2D eigenvalue weighted by Crippen LogP contribution is 2.30. The minimum atomic E-state index is -3.03. The van der Waals surface area contributed by atoms with Crippen molar-refractivity contribution in [2.24, 2.45) is 5.73 Å². The predicted octanol–water partition coefficient (Wildman–Crippen LogP) is 0.695. The monoisotopic (exact) mass is 213 g/mol. The summed E-state index contributed by atoms with van der Waals surface area (Å²) in [5.41, 5.74) is 2.93. The number of hydrogen-bond acceptors (Lipinski definition) is 4. The number of carbonyl (C=O) groups excluding carboxylic acids is 1. The van der Waals surface area contributed by atoms with Crippen LogP contribution in [0.15, 0.2) is 6.20 Å². The smallest absolute Gasteiger partial charge is 0.284 e. The number of nitrogens with two attached hydrogens (primary N) is 1. The third kappa shape index (κ3) is 1.83. The number of aromatic nitrogens is 1. The van der Waals surface area contributed by atoms with Gasteiger partial charge in [0.15, 0.2) is 5.75 Å². The first kappa shape index (κ1) is 10.8. The lowest BCUT2D eigenvalue weighted by Crippen LogP contribution is -2.14. The zero-order valence-corrected chi connectivity index (χ0v) is 7.24. The third-order valence-corrected chi connectivity index (χ3v) is 1.67. The molecule has 1 rings (SSSR count). The molecule has 0 spiro atoms. The highest BCUT2D eigenvalue weighted by Gasteiger charge is 2.22. The lowest BCUT2D eigenvalue weighted by atomic mass is 10.1. The van der Waals surface area contributed by atoms with E-state index in [0.29, 0.717) is 0 Å². The number of nitriles is 1. The van der Waals surface area contributed by atoms with E-state index < -0.39 is 29.3 Å². The van der Waals surface area contributed by atoms with Gasteiger partial charge in [-0.15, -0.1) is 0 Å². The number of pyridine rings is 1. The Labute approximate surface area is 82.8 Å². The van der Waals surface area contributed by atoms with Crippen molar-refractivity contribution in [3.05, 3.63) is 23.0 Å². The van der Waals surface area contributed by atoms with Crippen molar-refractivity contribution in [3.8, 4) is 11.8 Å². The van der Waals surface area contributed by atoms with Gasteiger partial charge in [0.2, 0.25) is 0 Å². The summed E-state index contributed by atoms with van der Waals surface area (Å²) in [4.78, 5) is 13.9. The van der Waals surface area contributed by atoms with E-state index in [1.54, 1.807) is 0 Å². The topological polar surface area (TPSA) is 100 Å². The fourth-order valence-corrected chi connectivity index (χ4v) is 0.975. The van der Waals surface area contributed by atoms with Crippen LogP contribution >= 0.6 is 0 Å². The average molecular weight is 213 g/mol. The zero-order valence-electron chi connectivity index (χ0n) is 7.24. The van der Waals surface area contributed by atoms with E-state index >= 15 is 0 Å². The molecule has 0 fully saturated rings. The van der Waals surface area contributed by atoms with Gasteiger partial charge in [-0.3, -0.25) is 9.78 Å². The molecule has 78 valence electrons. The summed E-state index contributed by atoms with van der Waals surface area (Å²) < 4.78 is 24.5. The number of rotatable bonds is 2. The number of alkyl halides is 2. The summed E-state index contributed by atoms with van der Waals surface area (Å²) in [5.74, 6) is -2.03. The Balaban J connectivity index is 3.48. The second kappa shape index (κ2) is 3.88. The zero-order chi connectivity index (χ0) is 11.6. The van der Waals surface area contributed by atoms with E-state index in [2.05, 4.69) is 4.98 Å². The maximum atomic E-state index is 12.2. The van der Waals surface area contributed by atoms with Crippen LogP contribution in [0, 0.1) is 11.3 Å². The van der Waals surface area contributed by atoms with Crippen LogP contribution in [-0.2, 0) is 0 Å². The van der Waals surface area contributed by atoms with Crippen molar-refractivity contribution < 1.29 is 18.7 Å². The van der Waals surface area contributed by atoms with Gasteiger partial charge in [-0.1, -0.05) is 0 Å². The number of hydrogen-bond donors (Lipinski definition) is 2. The summed E-state index contributed by atoms with van der Waals surface area (Å²) >= 11 is 0.